The Bertz CT molecular complexity index is 1000. The second-order valence-corrected chi connectivity index (χ2v) is 7.50. The first-order valence-corrected chi connectivity index (χ1v) is 9.69. The number of hydrogen-bond donors (Lipinski definition) is 0. The third kappa shape index (κ3) is 3.82. The van der Waals surface area contributed by atoms with Gasteiger partial charge in [0.15, 0.2) is 0 Å². The monoisotopic (exact) mass is 460 g/mol. The minimum Gasteiger partial charge on any atom is -0.451 e. The summed E-state index contributed by atoms with van der Waals surface area (Å²) < 4.78 is 54.9. The summed E-state index contributed by atoms with van der Waals surface area (Å²) in [6, 6.07) is 23.6. The van der Waals surface area contributed by atoms with Crippen LogP contribution in [0.4, 0.5) is 13.2 Å². The largest absolute Gasteiger partial charge is 0.460 e. The van der Waals surface area contributed by atoms with Crippen LogP contribution in [-0.2, 0) is 15.3 Å². The average molecular weight is 461 g/mol. The van der Waals surface area contributed by atoms with Gasteiger partial charge < -0.3 is 9.47 Å². The molecule has 148 valence electrons. The van der Waals surface area contributed by atoms with E-state index < -0.39 is 18.1 Å². The summed E-state index contributed by atoms with van der Waals surface area (Å²) in [6.07, 6.45) is -4.20. The summed E-state index contributed by atoms with van der Waals surface area (Å²) in [7, 11) is 0. The third-order valence-electron chi connectivity index (χ3n) is 4.61. The number of alkyl halides is 3. The minimum atomic E-state index is -4.79. The molecule has 29 heavy (non-hydrogen) atoms. The Morgan fingerprint density at radius 1 is 0.828 bits per heavy atom. The van der Waals surface area contributed by atoms with Crippen LogP contribution in [0.25, 0.3) is 6.08 Å². The van der Waals surface area contributed by atoms with Crippen molar-refractivity contribution in [3.8, 4) is 0 Å². The lowest BCUT2D eigenvalue weighted by Crippen LogP contribution is -2.43. The van der Waals surface area contributed by atoms with Gasteiger partial charge in [0.2, 0.25) is 0 Å². The molecule has 0 aliphatic carbocycles. The first-order chi connectivity index (χ1) is 13.9. The van der Waals surface area contributed by atoms with Crippen molar-refractivity contribution in [3.63, 3.8) is 0 Å². The molecule has 1 saturated heterocycles. The summed E-state index contributed by atoms with van der Waals surface area (Å²) in [6.45, 7) is 0. The van der Waals surface area contributed by atoms with Crippen molar-refractivity contribution in [3.05, 3.63) is 112 Å². The highest BCUT2D eigenvalue weighted by Crippen LogP contribution is 2.55. The lowest BCUT2D eigenvalue weighted by Gasteiger charge is -2.30. The third-order valence-corrected chi connectivity index (χ3v) is 5.14. The lowest BCUT2D eigenvalue weighted by atomic mass is 10.0. The molecular formula is C23H16BrF3O2. The van der Waals surface area contributed by atoms with Gasteiger partial charge in [-0.1, -0.05) is 88.7 Å². The Hall–Kier alpha value is -2.57. The molecule has 2 nitrogen and oxygen atoms in total. The molecule has 2 atom stereocenters. The molecule has 4 rings (SSSR count). The number of halogens is 4. The van der Waals surface area contributed by atoms with Crippen LogP contribution in [0.1, 0.15) is 22.8 Å². The summed E-state index contributed by atoms with van der Waals surface area (Å²) >= 11 is 3.25. The van der Waals surface area contributed by atoms with Gasteiger partial charge in [0, 0.05) is 10.0 Å². The van der Waals surface area contributed by atoms with Crippen LogP contribution in [0.5, 0.6) is 0 Å². The van der Waals surface area contributed by atoms with E-state index in [1.165, 1.54) is 24.3 Å². The van der Waals surface area contributed by atoms with Crippen molar-refractivity contribution in [2.24, 2.45) is 0 Å². The molecule has 6 heteroatoms. The first-order valence-electron chi connectivity index (χ1n) is 8.90. The van der Waals surface area contributed by atoms with Gasteiger partial charge in [0.25, 0.3) is 0 Å². The van der Waals surface area contributed by atoms with Crippen LogP contribution >= 0.6 is 15.9 Å². The van der Waals surface area contributed by atoms with Crippen molar-refractivity contribution >= 4 is 22.0 Å². The zero-order chi connectivity index (χ0) is 20.5. The second-order valence-electron chi connectivity index (χ2n) is 6.59. The van der Waals surface area contributed by atoms with Crippen molar-refractivity contribution in [1.82, 2.24) is 0 Å². The van der Waals surface area contributed by atoms with Gasteiger partial charge in [-0.2, -0.15) is 13.2 Å². The fourth-order valence-corrected chi connectivity index (χ4v) is 3.50. The van der Waals surface area contributed by atoms with Crippen molar-refractivity contribution in [1.29, 1.82) is 0 Å². The smallest absolute Gasteiger partial charge is 0.451 e. The molecule has 0 spiro atoms. The van der Waals surface area contributed by atoms with Gasteiger partial charge in [0.05, 0.1) is 0 Å². The SMILES string of the molecule is FC(F)(F)C1(c2ccc(Br)cc2)O/C(=C\c2ccccc2)C(c2ccccc2)O1. The van der Waals surface area contributed by atoms with Gasteiger partial charge in [-0.05, 0) is 29.3 Å². The Morgan fingerprint density at radius 2 is 1.41 bits per heavy atom. The van der Waals surface area contributed by atoms with E-state index in [0.29, 0.717) is 10.0 Å². The molecule has 0 radical (unpaired) electrons. The molecule has 3 aromatic carbocycles. The topological polar surface area (TPSA) is 18.5 Å². The molecule has 2 unspecified atom stereocenters. The molecular weight excluding hydrogens is 445 g/mol. The van der Waals surface area contributed by atoms with Gasteiger partial charge in [-0.3, -0.25) is 0 Å². The van der Waals surface area contributed by atoms with Gasteiger partial charge in [-0.15, -0.1) is 0 Å². The summed E-state index contributed by atoms with van der Waals surface area (Å²) in [5.41, 5.74) is 1.18. The zero-order valence-corrected chi connectivity index (χ0v) is 16.7. The molecule has 0 bridgehead atoms. The van der Waals surface area contributed by atoms with Crippen LogP contribution in [0.2, 0.25) is 0 Å². The summed E-state index contributed by atoms with van der Waals surface area (Å²) in [4.78, 5) is 0. The number of ether oxygens (including phenoxy) is 2. The van der Waals surface area contributed by atoms with Crippen LogP contribution in [0.3, 0.4) is 0 Å². The Morgan fingerprint density at radius 3 is 2.00 bits per heavy atom. The zero-order valence-electron chi connectivity index (χ0n) is 15.1. The van der Waals surface area contributed by atoms with Crippen molar-refractivity contribution in [2.75, 3.05) is 0 Å². The maximum Gasteiger partial charge on any atom is 0.460 e. The van der Waals surface area contributed by atoms with Crippen LogP contribution in [0.15, 0.2) is 95.2 Å². The van der Waals surface area contributed by atoms with Gasteiger partial charge >= 0.3 is 12.0 Å². The quantitative estimate of drug-likeness (QED) is 0.419. The standard InChI is InChI=1S/C23H16BrF3O2/c24-19-13-11-18(12-14-19)22(23(25,26)27)28-20(15-16-7-3-1-4-8-16)21(29-22)17-9-5-2-6-10-17/h1-15,21H/b20-15-. The lowest BCUT2D eigenvalue weighted by molar-refractivity contribution is -0.354. The number of hydrogen-bond acceptors (Lipinski definition) is 2. The summed E-state index contributed by atoms with van der Waals surface area (Å²) in [5.74, 6) is -2.79. The first kappa shape index (κ1) is 19.7. The normalized spacial score (nSPS) is 23.2. The Balaban J connectivity index is 1.86. The molecule has 0 aromatic heterocycles. The van der Waals surface area contributed by atoms with Crippen LogP contribution in [-0.4, -0.2) is 6.18 Å². The van der Waals surface area contributed by atoms with E-state index >= 15 is 0 Å². The van der Waals surface area contributed by atoms with E-state index in [1.807, 2.05) is 18.2 Å². The molecule has 0 N–H and O–H groups in total. The molecule has 3 aromatic rings. The van der Waals surface area contributed by atoms with Crippen molar-refractivity contribution < 1.29 is 22.6 Å². The van der Waals surface area contributed by atoms with E-state index in [1.54, 1.807) is 48.5 Å². The molecule has 0 amide bonds. The predicted octanol–water partition coefficient (Wildman–Crippen LogP) is 6.99. The van der Waals surface area contributed by atoms with Crippen LogP contribution in [0, 0.1) is 0 Å². The Labute approximate surface area is 174 Å². The van der Waals surface area contributed by atoms with E-state index in [2.05, 4.69) is 15.9 Å². The highest BCUT2D eigenvalue weighted by atomic mass is 79.9. The highest BCUT2D eigenvalue weighted by molar-refractivity contribution is 9.10. The van der Waals surface area contributed by atoms with E-state index in [-0.39, 0.29) is 11.3 Å². The van der Waals surface area contributed by atoms with Crippen LogP contribution < -0.4 is 0 Å². The predicted molar refractivity (Wildman–Crippen MR) is 108 cm³/mol. The molecule has 1 heterocycles. The highest BCUT2D eigenvalue weighted by Gasteiger charge is 2.65. The van der Waals surface area contributed by atoms with E-state index in [9.17, 15) is 13.2 Å². The van der Waals surface area contributed by atoms with E-state index in [4.69, 9.17) is 9.47 Å². The molecule has 1 fully saturated rings. The maximum atomic E-state index is 14.3. The fraction of sp³-hybridized carbons (Fsp3) is 0.130. The number of rotatable bonds is 3. The molecule has 0 saturated carbocycles. The Kier molecular flexibility index (Phi) is 5.23. The van der Waals surface area contributed by atoms with E-state index in [0.717, 1.165) is 5.56 Å². The maximum absolute atomic E-state index is 14.3. The minimum absolute atomic E-state index is 0.0997. The van der Waals surface area contributed by atoms with Crippen molar-refractivity contribution in [2.45, 2.75) is 18.1 Å². The van der Waals surface area contributed by atoms with Gasteiger partial charge in [-0.25, -0.2) is 0 Å². The molecule has 1 aliphatic heterocycles. The number of benzene rings is 3. The molecule has 1 aliphatic rings. The second kappa shape index (κ2) is 7.69. The summed E-state index contributed by atoms with van der Waals surface area (Å²) in [5, 5.41) is 0. The van der Waals surface area contributed by atoms with Gasteiger partial charge in [0.1, 0.15) is 11.9 Å². The average Bonchev–Trinajstić information content (AvgIpc) is 3.10. The fourth-order valence-electron chi connectivity index (χ4n) is 3.23.